The second-order valence-corrected chi connectivity index (χ2v) is 7.43. The number of benzene rings is 3. The summed E-state index contributed by atoms with van der Waals surface area (Å²) < 4.78 is 12.4. The van der Waals surface area contributed by atoms with E-state index in [4.69, 9.17) is 21.1 Å². The second kappa shape index (κ2) is 9.06. The fourth-order valence-corrected chi connectivity index (χ4v) is 3.69. The van der Waals surface area contributed by atoms with E-state index in [2.05, 4.69) is 27.9 Å². The van der Waals surface area contributed by atoms with Gasteiger partial charge in [0.15, 0.2) is 0 Å². The number of hydrogen-bond acceptors (Lipinski definition) is 4. The molecule has 4 aromatic rings. The van der Waals surface area contributed by atoms with Crippen molar-refractivity contribution in [2.75, 3.05) is 14.2 Å². The van der Waals surface area contributed by atoms with E-state index >= 15 is 0 Å². The van der Waals surface area contributed by atoms with Crippen LogP contribution in [0.2, 0.25) is 5.02 Å². The Kier molecular flexibility index (Phi) is 6.05. The summed E-state index contributed by atoms with van der Waals surface area (Å²) in [6.07, 6.45) is 3.87. The zero-order valence-electron chi connectivity index (χ0n) is 17.2. The smallest absolute Gasteiger partial charge is 0.337 e. The molecular weight excluding hydrogens is 412 g/mol. The maximum Gasteiger partial charge on any atom is 0.337 e. The quantitative estimate of drug-likeness (QED) is 0.282. The van der Waals surface area contributed by atoms with Crippen LogP contribution in [0.3, 0.4) is 0 Å². The molecule has 0 bridgehead atoms. The van der Waals surface area contributed by atoms with Crippen molar-refractivity contribution < 1.29 is 14.3 Å². The van der Waals surface area contributed by atoms with Crippen molar-refractivity contribution in [3.05, 3.63) is 94.6 Å². The van der Waals surface area contributed by atoms with Gasteiger partial charge in [0.2, 0.25) is 0 Å². The van der Waals surface area contributed by atoms with Crippen LogP contribution in [0.4, 0.5) is 5.69 Å². The van der Waals surface area contributed by atoms with E-state index in [-0.39, 0.29) is 5.97 Å². The second-order valence-electron chi connectivity index (χ2n) is 7.00. The summed E-state index contributed by atoms with van der Waals surface area (Å²) in [6.45, 7) is 0.611. The number of aromatic nitrogens is 1. The largest absolute Gasteiger partial charge is 0.494 e. The van der Waals surface area contributed by atoms with Crippen molar-refractivity contribution in [1.82, 2.24) is 4.57 Å². The van der Waals surface area contributed by atoms with E-state index < -0.39 is 0 Å². The van der Waals surface area contributed by atoms with E-state index in [1.807, 2.05) is 36.5 Å². The van der Waals surface area contributed by atoms with Crippen molar-refractivity contribution in [3.63, 3.8) is 0 Å². The molecule has 0 fully saturated rings. The van der Waals surface area contributed by atoms with Gasteiger partial charge in [-0.15, -0.1) is 0 Å². The zero-order chi connectivity index (χ0) is 21.8. The number of ether oxygens (including phenoxy) is 2. The third-order valence-corrected chi connectivity index (χ3v) is 5.24. The molecule has 5 nitrogen and oxygen atoms in total. The molecule has 0 amide bonds. The number of esters is 1. The lowest BCUT2D eigenvalue weighted by molar-refractivity contribution is 0.0600. The summed E-state index contributed by atoms with van der Waals surface area (Å²) in [5.74, 6) is 0.312. The minimum Gasteiger partial charge on any atom is -0.494 e. The highest BCUT2D eigenvalue weighted by Gasteiger charge is 2.10. The predicted molar refractivity (Wildman–Crippen MR) is 124 cm³/mol. The first-order valence-corrected chi connectivity index (χ1v) is 10.1. The number of halogens is 1. The Morgan fingerprint density at radius 3 is 2.71 bits per heavy atom. The third-order valence-electron chi connectivity index (χ3n) is 5.00. The fraction of sp³-hybridized carbons (Fsp3) is 0.120. The van der Waals surface area contributed by atoms with Gasteiger partial charge < -0.3 is 14.0 Å². The van der Waals surface area contributed by atoms with Gasteiger partial charge in [0.1, 0.15) is 11.4 Å². The molecule has 0 atom stereocenters. The molecule has 0 aliphatic heterocycles. The van der Waals surface area contributed by atoms with Crippen LogP contribution in [-0.4, -0.2) is 31.0 Å². The number of para-hydroxylation sites is 1. The average Bonchev–Trinajstić information content (AvgIpc) is 3.15. The molecule has 31 heavy (non-hydrogen) atoms. The van der Waals surface area contributed by atoms with Gasteiger partial charge in [0, 0.05) is 40.4 Å². The van der Waals surface area contributed by atoms with Gasteiger partial charge in [-0.25, -0.2) is 4.79 Å². The molecule has 3 aromatic carbocycles. The van der Waals surface area contributed by atoms with Crippen LogP contribution < -0.4 is 4.74 Å². The van der Waals surface area contributed by atoms with Crippen LogP contribution >= 0.6 is 11.6 Å². The van der Waals surface area contributed by atoms with Gasteiger partial charge >= 0.3 is 5.97 Å². The molecule has 156 valence electrons. The SMILES string of the molecule is COC(=O)c1cccc(Cn2cc(C=Nc3cc(Cl)ccc3OC)c3ccccc32)c1. The van der Waals surface area contributed by atoms with E-state index in [0.29, 0.717) is 28.6 Å². The summed E-state index contributed by atoms with van der Waals surface area (Å²) in [4.78, 5) is 16.5. The molecule has 1 heterocycles. The van der Waals surface area contributed by atoms with Crippen LogP contribution in [0.25, 0.3) is 10.9 Å². The average molecular weight is 433 g/mol. The van der Waals surface area contributed by atoms with Crippen LogP contribution in [0, 0.1) is 0 Å². The van der Waals surface area contributed by atoms with Crippen LogP contribution in [0.1, 0.15) is 21.5 Å². The lowest BCUT2D eigenvalue weighted by atomic mass is 10.1. The van der Waals surface area contributed by atoms with Gasteiger partial charge in [-0.1, -0.05) is 41.9 Å². The van der Waals surface area contributed by atoms with Crippen molar-refractivity contribution >= 4 is 40.4 Å². The van der Waals surface area contributed by atoms with Gasteiger partial charge in [-0.05, 0) is 42.0 Å². The topological polar surface area (TPSA) is 52.8 Å². The molecule has 4 rings (SSSR count). The summed E-state index contributed by atoms with van der Waals surface area (Å²) in [6, 6.07) is 20.9. The molecule has 0 aliphatic carbocycles. The van der Waals surface area contributed by atoms with Crippen molar-refractivity contribution in [3.8, 4) is 5.75 Å². The Morgan fingerprint density at radius 1 is 1.06 bits per heavy atom. The number of aliphatic imine (C=N–C) groups is 1. The van der Waals surface area contributed by atoms with Gasteiger partial charge in [-0.2, -0.15) is 0 Å². The Bertz CT molecular complexity index is 1280. The first-order chi connectivity index (χ1) is 15.1. The molecule has 0 radical (unpaired) electrons. The lowest BCUT2D eigenvalue weighted by Crippen LogP contribution is -2.03. The first kappa shape index (κ1) is 20.7. The maximum atomic E-state index is 11.9. The van der Waals surface area contributed by atoms with E-state index in [0.717, 1.165) is 22.0 Å². The Morgan fingerprint density at radius 2 is 1.90 bits per heavy atom. The van der Waals surface area contributed by atoms with Gasteiger partial charge in [0.25, 0.3) is 0 Å². The Labute approximate surface area is 185 Å². The summed E-state index contributed by atoms with van der Waals surface area (Å²) in [7, 11) is 2.99. The van der Waals surface area contributed by atoms with E-state index in [1.165, 1.54) is 7.11 Å². The first-order valence-electron chi connectivity index (χ1n) is 9.72. The summed E-state index contributed by atoms with van der Waals surface area (Å²) >= 11 is 6.12. The lowest BCUT2D eigenvalue weighted by Gasteiger charge is -2.07. The number of methoxy groups -OCH3 is 2. The van der Waals surface area contributed by atoms with Crippen LogP contribution in [-0.2, 0) is 11.3 Å². The maximum absolute atomic E-state index is 11.9. The Hall–Kier alpha value is -3.57. The van der Waals surface area contributed by atoms with Gasteiger partial charge in [0.05, 0.1) is 19.8 Å². The number of carbonyl (C=O) groups is 1. The molecule has 0 N–H and O–H groups in total. The van der Waals surface area contributed by atoms with Crippen molar-refractivity contribution in [1.29, 1.82) is 0 Å². The normalized spacial score (nSPS) is 11.2. The highest BCUT2D eigenvalue weighted by Crippen LogP contribution is 2.31. The number of fused-ring (bicyclic) bond motifs is 1. The molecule has 0 spiro atoms. The number of hydrogen-bond donors (Lipinski definition) is 0. The highest BCUT2D eigenvalue weighted by atomic mass is 35.5. The molecule has 0 unspecified atom stereocenters. The number of carbonyl (C=O) groups excluding carboxylic acids is 1. The standard InChI is InChI=1S/C25H21ClN2O3/c1-30-24-11-10-20(26)13-22(24)27-14-19-16-28(23-9-4-3-8-21(19)23)15-17-6-5-7-18(12-17)25(29)31-2/h3-14,16H,15H2,1-2H3. The number of nitrogens with zero attached hydrogens (tertiary/aromatic N) is 2. The van der Waals surface area contributed by atoms with Crippen LogP contribution in [0.15, 0.2) is 77.9 Å². The molecular formula is C25H21ClN2O3. The molecule has 6 heteroatoms. The molecule has 0 aliphatic rings. The minimum atomic E-state index is -0.345. The highest BCUT2D eigenvalue weighted by molar-refractivity contribution is 6.30. The van der Waals surface area contributed by atoms with Gasteiger partial charge in [-0.3, -0.25) is 4.99 Å². The third kappa shape index (κ3) is 4.47. The minimum absolute atomic E-state index is 0.345. The van der Waals surface area contributed by atoms with Crippen molar-refractivity contribution in [2.24, 2.45) is 4.99 Å². The predicted octanol–water partition coefficient (Wildman–Crippen LogP) is 5.89. The number of rotatable bonds is 6. The van der Waals surface area contributed by atoms with E-state index in [9.17, 15) is 4.79 Å². The van der Waals surface area contributed by atoms with Crippen LogP contribution in [0.5, 0.6) is 5.75 Å². The summed E-state index contributed by atoms with van der Waals surface area (Å²) in [5.41, 5.74) is 4.25. The monoisotopic (exact) mass is 432 g/mol. The zero-order valence-corrected chi connectivity index (χ0v) is 18.0. The van der Waals surface area contributed by atoms with E-state index in [1.54, 1.807) is 31.4 Å². The van der Waals surface area contributed by atoms with Crippen molar-refractivity contribution in [2.45, 2.75) is 6.54 Å². The summed E-state index contributed by atoms with van der Waals surface area (Å²) in [5, 5.41) is 1.68. The molecule has 1 aromatic heterocycles. The molecule has 0 saturated carbocycles. The fourth-order valence-electron chi connectivity index (χ4n) is 3.52. The Balaban J connectivity index is 1.70. The molecule has 0 saturated heterocycles.